The Bertz CT molecular complexity index is 619. The molecule has 0 aliphatic carbocycles. The number of hydrogen-bond acceptors (Lipinski definition) is 6. The molecule has 9 heteroatoms. The van der Waals surface area contributed by atoms with E-state index in [-0.39, 0.29) is 31.0 Å². The number of benzene rings is 1. The number of hydrogen-bond donors (Lipinski definition) is 5. The lowest BCUT2D eigenvalue weighted by molar-refractivity contribution is -0.124. The molecule has 0 aromatic heterocycles. The lowest BCUT2D eigenvalue weighted by Crippen LogP contribution is -2.50. The van der Waals surface area contributed by atoms with Crippen LogP contribution in [0.4, 0.5) is 0 Å². The number of halogens is 2. The van der Waals surface area contributed by atoms with Crippen LogP contribution in [0.25, 0.3) is 0 Å². The molecule has 138 valence electrons. The van der Waals surface area contributed by atoms with Crippen LogP contribution < -0.4 is 26.2 Å². The summed E-state index contributed by atoms with van der Waals surface area (Å²) in [6, 6.07) is 5.03. The highest BCUT2D eigenvalue weighted by Gasteiger charge is 2.41. The molecule has 7 nitrogen and oxygen atoms in total. The van der Waals surface area contributed by atoms with Gasteiger partial charge in [-0.05, 0) is 25.1 Å². The molecule has 0 bridgehead atoms. The summed E-state index contributed by atoms with van der Waals surface area (Å²) >= 11 is 11.9. The second-order valence-electron chi connectivity index (χ2n) is 6.29. The highest BCUT2D eigenvalue weighted by molar-refractivity contribution is 6.42. The van der Waals surface area contributed by atoms with Crippen molar-refractivity contribution in [1.82, 2.24) is 21.5 Å². The van der Waals surface area contributed by atoms with Crippen LogP contribution in [0, 0.1) is 5.92 Å². The molecule has 0 spiro atoms. The fourth-order valence-electron chi connectivity index (χ4n) is 3.14. The third kappa shape index (κ3) is 4.55. The number of ether oxygens (including phenoxy) is 1. The van der Waals surface area contributed by atoms with E-state index in [1.807, 2.05) is 0 Å². The molecular weight excluding hydrogens is 367 g/mol. The Morgan fingerprint density at radius 3 is 3.08 bits per heavy atom. The lowest BCUT2D eigenvalue weighted by Gasteiger charge is -2.27. The Labute approximate surface area is 156 Å². The van der Waals surface area contributed by atoms with Crippen LogP contribution in [0.3, 0.4) is 0 Å². The number of carbonyl (C=O) groups excluding carboxylic acids is 1. The van der Waals surface area contributed by atoms with Gasteiger partial charge < -0.3 is 20.5 Å². The zero-order valence-electron chi connectivity index (χ0n) is 13.6. The highest BCUT2D eigenvalue weighted by Crippen LogP contribution is 2.31. The number of piperidine rings is 1. The maximum absolute atomic E-state index is 12.3. The second kappa shape index (κ2) is 8.53. The number of carbonyl (C=O) groups is 1. The fourth-order valence-corrected chi connectivity index (χ4v) is 3.49. The molecule has 25 heavy (non-hydrogen) atoms. The number of rotatable bonds is 6. The van der Waals surface area contributed by atoms with E-state index in [4.69, 9.17) is 27.9 Å². The molecule has 2 heterocycles. The van der Waals surface area contributed by atoms with Crippen LogP contribution in [0.15, 0.2) is 18.2 Å². The normalized spacial score (nSPS) is 26.8. The van der Waals surface area contributed by atoms with Gasteiger partial charge in [-0.1, -0.05) is 29.3 Å². The van der Waals surface area contributed by atoms with Crippen molar-refractivity contribution in [2.45, 2.75) is 24.6 Å². The molecule has 0 radical (unpaired) electrons. The monoisotopic (exact) mass is 388 g/mol. The molecule has 2 saturated heterocycles. The smallest absolute Gasteiger partial charge is 0.238 e. The number of nitrogens with one attached hydrogen (secondary N) is 4. The summed E-state index contributed by atoms with van der Waals surface area (Å²) in [5, 5.41) is 16.8. The largest absolute Gasteiger partial charge is 0.489 e. The third-order valence-corrected chi connectivity index (χ3v) is 5.32. The number of aliphatic hydroxyl groups is 1. The van der Waals surface area contributed by atoms with E-state index in [1.165, 1.54) is 0 Å². The van der Waals surface area contributed by atoms with Crippen LogP contribution in [-0.2, 0) is 4.79 Å². The first-order chi connectivity index (χ1) is 12.1. The molecule has 2 fully saturated rings. The zero-order chi connectivity index (χ0) is 17.8. The number of amides is 1. The van der Waals surface area contributed by atoms with E-state index in [9.17, 15) is 9.90 Å². The van der Waals surface area contributed by atoms with Crippen molar-refractivity contribution in [3.8, 4) is 5.75 Å². The van der Waals surface area contributed by atoms with E-state index in [2.05, 4.69) is 21.5 Å². The summed E-state index contributed by atoms with van der Waals surface area (Å²) in [5.41, 5.74) is 6.22. The first-order valence-electron chi connectivity index (χ1n) is 8.30. The molecule has 1 amide bonds. The Kier molecular flexibility index (Phi) is 6.38. The predicted molar refractivity (Wildman–Crippen MR) is 95.8 cm³/mol. The molecule has 2 aliphatic heterocycles. The van der Waals surface area contributed by atoms with Crippen molar-refractivity contribution in [2.24, 2.45) is 5.92 Å². The van der Waals surface area contributed by atoms with Gasteiger partial charge in [-0.2, -0.15) is 0 Å². The van der Waals surface area contributed by atoms with Gasteiger partial charge in [0.25, 0.3) is 0 Å². The fraction of sp³-hybridized carbons (Fsp3) is 0.562. The summed E-state index contributed by atoms with van der Waals surface area (Å²) in [6.45, 7) is 1.85. The van der Waals surface area contributed by atoms with Gasteiger partial charge in [-0.15, -0.1) is 0 Å². The van der Waals surface area contributed by atoms with Gasteiger partial charge >= 0.3 is 0 Å². The zero-order valence-corrected chi connectivity index (χ0v) is 15.1. The third-order valence-electron chi connectivity index (χ3n) is 4.52. The van der Waals surface area contributed by atoms with Crippen molar-refractivity contribution in [3.05, 3.63) is 28.2 Å². The van der Waals surface area contributed by atoms with Crippen molar-refractivity contribution < 1.29 is 14.6 Å². The summed E-state index contributed by atoms with van der Waals surface area (Å²) in [4.78, 5) is 12.3. The molecule has 1 aromatic carbocycles. The van der Waals surface area contributed by atoms with Crippen molar-refractivity contribution in [1.29, 1.82) is 0 Å². The van der Waals surface area contributed by atoms with E-state index in [0.29, 0.717) is 21.8 Å². The molecule has 3 rings (SSSR count). The van der Waals surface area contributed by atoms with Crippen molar-refractivity contribution in [2.75, 3.05) is 26.2 Å². The SMILES string of the molecule is O=C(NCC(O)COc1cccc(Cl)c1Cl)C1NNC2CCNCC21. The molecule has 4 unspecified atom stereocenters. The van der Waals surface area contributed by atoms with Gasteiger partial charge in [0.2, 0.25) is 5.91 Å². The molecule has 4 atom stereocenters. The van der Waals surface area contributed by atoms with Gasteiger partial charge in [-0.25, -0.2) is 5.43 Å². The van der Waals surface area contributed by atoms with Gasteiger partial charge in [0.1, 0.15) is 29.5 Å². The number of fused-ring (bicyclic) bond motifs is 1. The van der Waals surface area contributed by atoms with Crippen LogP contribution in [0.5, 0.6) is 5.75 Å². The Hall–Kier alpha value is -1.09. The molecule has 0 saturated carbocycles. The Morgan fingerprint density at radius 2 is 2.24 bits per heavy atom. The van der Waals surface area contributed by atoms with Crippen LogP contribution in [0.2, 0.25) is 10.0 Å². The first-order valence-corrected chi connectivity index (χ1v) is 9.06. The molecule has 1 aromatic rings. The Morgan fingerprint density at radius 1 is 1.40 bits per heavy atom. The van der Waals surface area contributed by atoms with Crippen LogP contribution in [-0.4, -0.2) is 55.4 Å². The van der Waals surface area contributed by atoms with Crippen molar-refractivity contribution in [3.63, 3.8) is 0 Å². The maximum atomic E-state index is 12.3. The van der Waals surface area contributed by atoms with Gasteiger partial charge in [0, 0.05) is 25.0 Å². The average molecular weight is 389 g/mol. The first kappa shape index (κ1) is 18.7. The minimum absolute atomic E-state index is 0.00426. The van der Waals surface area contributed by atoms with E-state index >= 15 is 0 Å². The molecule has 5 N–H and O–H groups in total. The quantitative estimate of drug-likeness (QED) is 0.481. The minimum atomic E-state index is -0.853. The van der Waals surface area contributed by atoms with Crippen LogP contribution in [0.1, 0.15) is 6.42 Å². The van der Waals surface area contributed by atoms with E-state index in [0.717, 1.165) is 19.5 Å². The topological polar surface area (TPSA) is 94.7 Å². The Balaban J connectivity index is 1.43. The summed E-state index contributed by atoms with van der Waals surface area (Å²) in [7, 11) is 0. The van der Waals surface area contributed by atoms with E-state index in [1.54, 1.807) is 18.2 Å². The van der Waals surface area contributed by atoms with Gasteiger partial charge in [-0.3, -0.25) is 10.2 Å². The average Bonchev–Trinajstić information content (AvgIpc) is 3.05. The summed E-state index contributed by atoms with van der Waals surface area (Å²) < 4.78 is 5.47. The minimum Gasteiger partial charge on any atom is -0.489 e. The highest BCUT2D eigenvalue weighted by atomic mass is 35.5. The molecule has 2 aliphatic rings. The van der Waals surface area contributed by atoms with E-state index < -0.39 is 6.10 Å². The summed E-state index contributed by atoms with van der Waals surface area (Å²) in [6.07, 6.45) is 0.131. The molecular formula is C16H22Cl2N4O3. The summed E-state index contributed by atoms with van der Waals surface area (Å²) in [5.74, 6) is 0.466. The number of hydrazine groups is 1. The second-order valence-corrected chi connectivity index (χ2v) is 7.08. The lowest BCUT2D eigenvalue weighted by atomic mass is 9.89. The predicted octanol–water partition coefficient (Wildman–Crippen LogP) is 0.304. The van der Waals surface area contributed by atoms with Crippen molar-refractivity contribution >= 4 is 29.1 Å². The maximum Gasteiger partial charge on any atom is 0.238 e. The van der Waals surface area contributed by atoms with Crippen LogP contribution >= 0.6 is 23.2 Å². The van der Waals surface area contributed by atoms with Gasteiger partial charge in [0.15, 0.2) is 0 Å². The number of aliphatic hydroxyl groups excluding tert-OH is 1. The van der Waals surface area contributed by atoms with Gasteiger partial charge in [0.05, 0.1) is 5.02 Å². The standard InChI is InChI=1S/C16H22Cl2N4O3/c17-11-2-1-3-13(14(11)18)25-8-9(23)6-20-16(24)15-10-7-19-5-4-12(10)21-22-15/h1-3,9-10,12,15,19,21-23H,4-8H2,(H,20,24).